The van der Waals surface area contributed by atoms with Crippen molar-refractivity contribution in [1.82, 2.24) is 0 Å². The number of ether oxygens (including phenoxy) is 7. The van der Waals surface area contributed by atoms with Gasteiger partial charge in [-0.1, -0.05) is 26.8 Å². The maximum atomic E-state index is 12.5. The van der Waals surface area contributed by atoms with E-state index in [1.165, 1.54) is 0 Å². The molecule has 1 N–H and O–H groups in total. The number of aliphatic hydroxyl groups excluding tert-OH is 1. The van der Waals surface area contributed by atoms with Gasteiger partial charge in [0.1, 0.15) is 5.75 Å². The van der Waals surface area contributed by atoms with Gasteiger partial charge in [0.2, 0.25) is 6.79 Å². The predicted molar refractivity (Wildman–Crippen MR) is 151 cm³/mol. The van der Waals surface area contributed by atoms with E-state index in [1.807, 2.05) is 24.3 Å². The minimum absolute atomic E-state index is 0.105. The molecule has 41 heavy (non-hydrogen) atoms. The molecule has 0 saturated carbocycles. The van der Waals surface area contributed by atoms with Crippen molar-refractivity contribution in [3.63, 3.8) is 0 Å². The van der Waals surface area contributed by atoms with Gasteiger partial charge < -0.3 is 42.7 Å². The number of methoxy groups -OCH3 is 2. The molecule has 10 nitrogen and oxygen atoms in total. The lowest BCUT2D eigenvalue weighted by Gasteiger charge is -2.42. The van der Waals surface area contributed by atoms with Crippen LogP contribution in [0, 0.1) is 11.8 Å². The fourth-order valence-corrected chi connectivity index (χ4v) is 6.49. The Bertz CT molecular complexity index is 1270. The molecule has 1 saturated heterocycles. The van der Waals surface area contributed by atoms with Crippen LogP contribution in [-0.4, -0.2) is 66.3 Å². The molecule has 1 fully saturated rings. The first-order chi connectivity index (χ1) is 19.5. The van der Waals surface area contributed by atoms with Crippen LogP contribution in [0.15, 0.2) is 30.3 Å². The lowest BCUT2D eigenvalue weighted by atomic mass is 9.86. The summed E-state index contributed by atoms with van der Waals surface area (Å²) in [6.07, 6.45) is -1.53. The summed E-state index contributed by atoms with van der Waals surface area (Å²) in [4.78, 5) is 12.5. The van der Waals surface area contributed by atoms with E-state index in [4.69, 9.17) is 37.6 Å². The van der Waals surface area contributed by atoms with Crippen molar-refractivity contribution in [2.75, 3.05) is 40.8 Å². The highest BCUT2D eigenvalue weighted by Crippen LogP contribution is 2.51. The second-order valence-corrected chi connectivity index (χ2v) is 16.9. The normalized spacial score (nSPS) is 24.2. The number of carbonyl (C=O) groups excluding carboxylic acids is 1. The van der Waals surface area contributed by atoms with Crippen LogP contribution in [0.1, 0.15) is 44.1 Å². The van der Waals surface area contributed by atoms with Crippen LogP contribution in [0.25, 0.3) is 0 Å². The van der Waals surface area contributed by atoms with E-state index < -0.39 is 44.4 Å². The highest BCUT2D eigenvalue weighted by Gasteiger charge is 2.48. The molecule has 0 unspecified atom stereocenters. The van der Waals surface area contributed by atoms with Crippen LogP contribution < -0.4 is 23.7 Å². The van der Waals surface area contributed by atoms with Crippen LogP contribution in [0.5, 0.6) is 28.7 Å². The first-order valence-electron chi connectivity index (χ1n) is 13.9. The molecule has 0 radical (unpaired) electrons. The van der Waals surface area contributed by atoms with Crippen molar-refractivity contribution in [3.05, 3.63) is 41.5 Å². The molecule has 2 aromatic carbocycles. The second-order valence-electron chi connectivity index (χ2n) is 12.2. The number of rotatable bonds is 9. The Morgan fingerprint density at radius 1 is 1.00 bits per heavy atom. The van der Waals surface area contributed by atoms with E-state index in [2.05, 4.69) is 33.9 Å². The summed E-state index contributed by atoms with van der Waals surface area (Å²) in [5.74, 6) is 1.33. The van der Waals surface area contributed by atoms with E-state index in [9.17, 15) is 9.90 Å². The van der Waals surface area contributed by atoms with Crippen LogP contribution >= 0.6 is 0 Å². The molecular weight excluding hydrogens is 548 g/mol. The standard InChI is InChI=1S/C30H40O10Si/c1-30(2,3)41(6,7)40-28(20-14-35-29(32)19(20)13-31)18-11-24-25(12-22(18)34-5)39-27(26(38-24)15-33-4)17-8-9-21-23(10-17)37-16-36-21/h8-12,19-20,26-28,31H,13-16H2,1-7H3/t19-,20-,26+,27+,28+/m0/s1. The Morgan fingerprint density at radius 2 is 1.73 bits per heavy atom. The number of carbonyl (C=O) groups is 1. The zero-order valence-corrected chi connectivity index (χ0v) is 25.7. The van der Waals surface area contributed by atoms with Gasteiger partial charge in [-0.3, -0.25) is 4.79 Å². The van der Waals surface area contributed by atoms with Crippen molar-refractivity contribution in [2.24, 2.45) is 11.8 Å². The van der Waals surface area contributed by atoms with Gasteiger partial charge in [-0.25, -0.2) is 0 Å². The third-order valence-electron chi connectivity index (χ3n) is 8.58. The van der Waals surface area contributed by atoms with E-state index >= 15 is 0 Å². The van der Waals surface area contributed by atoms with E-state index in [-0.39, 0.29) is 31.7 Å². The zero-order valence-electron chi connectivity index (χ0n) is 24.7. The van der Waals surface area contributed by atoms with Crippen molar-refractivity contribution in [2.45, 2.75) is 57.2 Å². The van der Waals surface area contributed by atoms with Gasteiger partial charge in [-0.05, 0) is 36.3 Å². The van der Waals surface area contributed by atoms with Gasteiger partial charge in [-0.15, -0.1) is 0 Å². The monoisotopic (exact) mass is 588 g/mol. The Morgan fingerprint density at radius 3 is 2.41 bits per heavy atom. The van der Waals surface area contributed by atoms with Crippen LogP contribution in [0.4, 0.5) is 0 Å². The SMILES string of the molecule is COC[C@H]1Oc2cc([C@@H](O[Si](C)(C)C(C)(C)C)[C@H]3COC(=O)[C@H]3CO)c(OC)cc2O[C@@H]1c1ccc2c(c1)OCO2. The van der Waals surface area contributed by atoms with Gasteiger partial charge >= 0.3 is 5.97 Å². The Balaban J connectivity index is 1.55. The molecular formula is C30H40O10Si. The Kier molecular flexibility index (Phi) is 8.17. The number of aliphatic hydroxyl groups is 1. The number of hydrogen-bond acceptors (Lipinski definition) is 10. The average molecular weight is 589 g/mol. The van der Waals surface area contributed by atoms with Crippen molar-refractivity contribution in [3.8, 4) is 28.7 Å². The lowest BCUT2D eigenvalue weighted by molar-refractivity contribution is -0.142. The summed E-state index contributed by atoms with van der Waals surface area (Å²) in [6.45, 7) is 11.0. The molecule has 3 heterocycles. The first-order valence-corrected chi connectivity index (χ1v) is 16.8. The summed E-state index contributed by atoms with van der Waals surface area (Å²) >= 11 is 0. The van der Waals surface area contributed by atoms with E-state index in [0.29, 0.717) is 34.3 Å². The number of benzene rings is 2. The molecule has 0 aromatic heterocycles. The third-order valence-corrected chi connectivity index (χ3v) is 13.0. The maximum Gasteiger partial charge on any atom is 0.311 e. The maximum absolute atomic E-state index is 12.5. The number of esters is 1. The van der Waals surface area contributed by atoms with Crippen LogP contribution in [0.2, 0.25) is 18.1 Å². The molecule has 224 valence electrons. The summed E-state index contributed by atoms with van der Waals surface area (Å²) in [7, 11) is 0.838. The minimum atomic E-state index is -2.36. The lowest BCUT2D eigenvalue weighted by Crippen LogP contribution is -2.44. The molecule has 0 aliphatic carbocycles. The van der Waals surface area contributed by atoms with Crippen LogP contribution in [-0.2, 0) is 18.7 Å². The number of cyclic esters (lactones) is 1. The van der Waals surface area contributed by atoms with Crippen molar-refractivity contribution >= 4 is 14.3 Å². The number of hydrogen-bond donors (Lipinski definition) is 1. The molecule has 5 rings (SSSR count). The van der Waals surface area contributed by atoms with Crippen molar-refractivity contribution in [1.29, 1.82) is 0 Å². The molecule has 11 heteroatoms. The largest absolute Gasteiger partial charge is 0.496 e. The highest BCUT2D eigenvalue weighted by molar-refractivity contribution is 6.74. The molecule has 5 atom stereocenters. The quantitative estimate of drug-likeness (QED) is 0.324. The summed E-state index contributed by atoms with van der Waals surface area (Å²) < 4.78 is 47.8. The molecule has 0 spiro atoms. The first kappa shape index (κ1) is 29.5. The van der Waals surface area contributed by atoms with Gasteiger partial charge in [0.05, 0.1) is 39.0 Å². The van der Waals surface area contributed by atoms with Gasteiger partial charge in [0, 0.05) is 30.2 Å². The molecule has 0 bridgehead atoms. The minimum Gasteiger partial charge on any atom is -0.496 e. The second kappa shape index (κ2) is 11.4. The van der Waals surface area contributed by atoms with E-state index in [0.717, 1.165) is 5.56 Å². The third kappa shape index (κ3) is 5.60. The predicted octanol–water partition coefficient (Wildman–Crippen LogP) is 4.80. The average Bonchev–Trinajstić information content (AvgIpc) is 3.55. The fourth-order valence-electron chi connectivity index (χ4n) is 5.20. The van der Waals surface area contributed by atoms with Crippen molar-refractivity contribution < 1.29 is 47.5 Å². The molecule has 0 amide bonds. The highest BCUT2D eigenvalue weighted by atomic mass is 28.4. The van der Waals surface area contributed by atoms with Gasteiger partial charge in [0.15, 0.2) is 43.5 Å². The van der Waals surface area contributed by atoms with Crippen LogP contribution in [0.3, 0.4) is 0 Å². The van der Waals surface area contributed by atoms with Gasteiger partial charge in [0.25, 0.3) is 0 Å². The molecule has 3 aliphatic rings. The smallest absolute Gasteiger partial charge is 0.311 e. The summed E-state index contributed by atoms with van der Waals surface area (Å²) in [6, 6.07) is 9.33. The van der Waals surface area contributed by atoms with Gasteiger partial charge in [-0.2, -0.15) is 0 Å². The zero-order chi connectivity index (χ0) is 29.5. The topological polar surface area (TPSA) is 111 Å². The molecule has 3 aliphatic heterocycles. The fraction of sp³-hybridized carbons (Fsp3) is 0.567. The Labute approximate surface area is 241 Å². The molecule has 2 aromatic rings. The number of fused-ring (bicyclic) bond motifs is 2. The Hall–Kier alpha value is -2.99. The summed E-state index contributed by atoms with van der Waals surface area (Å²) in [5.41, 5.74) is 1.57. The van der Waals surface area contributed by atoms with E-state index in [1.54, 1.807) is 20.3 Å². The summed E-state index contributed by atoms with van der Waals surface area (Å²) in [5, 5.41) is 10.0.